The van der Waals surface area contributed by atoms with Crippen molar-refractivity contribution in [1.29, 1.82) is 0 Å². The first-order chi connectivity index (χ1) is 9.70. The summed E-state index contributed by atoms with van der Waals surface area (Å²) < 4.78 is 5.21. The second-order valence-corrected chi connectivity index (χ2v) is 6.02. The number of carbonyl (C=O) groups excluding carboxylic acids is 1. The molecule has 2 N–H and O–H groups in total. The normalized spacial score (nSPS) is 21.6. The Morgan fingerprint density at radius 1 is 1.29 bits per heavy atom. The molecule has 1 amide bonds. The number of fused-ring (bicyclic) bond motifs is 1. The SMILES string of the molecule is CC(C)(C)OC(=O)N1C(C(=O)O)Cc2ccccc2C1O. The molecule has 1 aliphatic rings. The minimum Gasteiger partial charge on any atom is -0.480 e. The van der Waals surface area contributed by atoms with E-state index >= 15 is 0 Å². The number of ether oxygens (including phenoxy) is 1. The number of carbonyl (C=O) groups is 2. The quantitative estimate of drug-likeness (QED) is 0.826. The van der Waals surface area contributed by atoms with Crippen LogP contribution in [0, 0.1) is 0 Å². The highest BCUT2D eigenvalue weighted by atomic mass is 16.6. The number of carboxylic acids is 1. The maximum absolute atomic E-state index is 12.2. The number of amides is 1. The summed E-state index contributed by atoms with van der Waals surface area (Å²) >= 11 is 0. The molecule has 2 unspecified atom stereocenters. The van der Waals surface area contributed by atoms with E-state index in [-0.39, 0.29) is 6.42 Å². The van der Waals surface area contributed by atoms with Gasteiger partial charge in [0.1, 0.15) is 11.6 Å². The third-order valence-corrected chi connectivity index (χ3v) is 3.24. The van der Waals surface area contributed by atoms with Crippen LogP contribution in [0.15, 0.2) is 24.3 Å². The van der Waals surface area contributed by atoms with E-state index in [1.54, 1.807) is 45.0 Å². The number of aliphatic hydroxyl groups excluding tert-OH is 1. The molecule has 2 atom stereocenters. The van der Waals surface area contributed by atoms with Gasteiger partial charge in [-0.15, -0.1) is 0 Å². The molecular formula is C15H19NO5. The third kappa shape index (κ3) is 3.16. The number of rotatable bonds is 1. The van der Waals surface area contributed by atoms with Gasteiger partial charge in [-0.1, -0.05) is 24.3 Å². The minimum atomic E-state index is -1.33. The van der Waals surface area contributed by atoms with Crippen LogP contribution < -0.4 is 0 Å². The van der Waals surface area contributed by atoms with Crippen molar-refractivity contribution in [3.05, 3.63) is 35.4 Å². The van der Waals surface area contributed by atoms with Gasteiger partial charge in [0.05, 0.1) is 0 Å². The molecule has 6 heteroatoms. The van der Waals surface area contributed by atoms with Gasteiger partial charge in [-0.2, -0.15) is 0 Å². The lowest BCUT2D eigenvalue weighted by Gasteiger charge is -2.39. The number of aliphatic hydroxyl groups is 1. The largest absolute Gasteiger partial charge is 0.480 e. The van der Waals surface area contributed by atoms with Crippen molar-refractivity contribution >= 4 is 12.1 Å². The summed E-state index contributed by atoms with van der Waals surface area (Å²) in [7, 11) is 0. The fourth-order valence-electron chi connectivity index (χ4n) is 2.35. The lowest BCUT2D eigenvalue weighted by Crippen LogP contribution is -2.52. The lowest BCUT2D eigenvalue weighted by atomic mass is 9.93. The minimum absolute atomic E-state index is 0.141. The highest BCUT2D eigenvalue weighted by Crippen LogP contribution is 2.32. The van der Waals surface area contributed by atoms with E-state index in [4.69, 9.17) is 4.74 Å². The summed E-state index contributed by atoms with van der Waals surface area (Å²) in [5.41, 5.74) is 0.481. The van der Waals surface area contributed by atoms with Gasteiger partial charge >= 0.3 is 12.1 Å². The second-order valence-electron chi connectivity index (χ2n) is 6.02. The van der Waals surface area contributed by atoms with Crippen LogP contribution in [0.4, 0.5) is 4.79 Å². The van der Waals surface area contributed by atoms with Crippen LogP contribution in [0.2, 0.25) is 0 Å². The van der Waals surface area contributed by atoms with E-state index in [1.165, 1.54) is 0 Å². The van der Waals surface area contributed by atoms with Crippen LogP contribution in [0.25, 0.3) is 0 Å². The molecule has 0 aromatic heterocycles. The zero-order chi connectivity index (χ0) is 15.8. The standard InChI is InChI=1S/C15H19NO5/c1-15(2,3)21-14(20)16-11(13(18)19)8-9-6-4-5-7-10(9)12(16)17/h4-7,11-12,17H,8H2,1-3H3,(H,18,19). The maximum Gasteiger partial charge on any atom is 0.413 e. The molecule has 0 fully saturated rings. The van der Waals surface area contributed by atoms with Crippen molar-refractivity contribution in [1.82, 2.24) is 4.90 Å². The van der Waals surface area contributed by atoms with Crippen molar-refractivity contribution < 1.29 is 24.5 Å². The van der Waals surface area contributed by atoms with Crippen LogP contribution in [0.5, 0.6) is 0 Å². The summed E-state index contributed by atoms with van der Waals surface area (Å²) in [6, 6.07) is 5.78. The predicted octanol–water partition coefficient (Wildman–Crippen LogP) is 1.92. The van der Waals surface area contributed by atoms with Crippen LogP contribution in [0.1, 0.15) is 38.1 Å². The van der Waals surface area contributed by atoms with Crippen molar-refractivity contribution in [3.8, 4) is 0 Å². The summed E-state index contributed by atoms with van der Waals surface area (Å²) in [6.07, 6.45) is -2.02. The predicted molar refractivity (Wildman–Crippen MR) is 74.6 cm³/mol. The molecule has 0 spiro atoms. The van der Waals surface area contributed by atoms with Gasteiger partial charge in [-0.25, -0.2) is 9.59 Å². The van der Waals surface area contributed by atoms with Crippen LogP contribution >= 0.6 is 0 Å². The molecular weight excluding hydrogens is 274 g/mol. The fraction of sp³-hybridized carbons (Fsp3) is 0.467. The molecule has 0 saturated carbocycles. The third-order valence-electron chi connectivity index (χ3n) is 3.24. The topological polar surface area (TPSA) is 87.1 Å². The average Bonchev–Trinajstić information content (AvgIpc) is 2.36. The number of hydrogen-bond acceptors (Lipinski definition) is 4. The molecule has 114 valence electrons. The van der Waals surface area contributed by atoms with Crippen molar-refractivity contribution in [2.24, 2.45) is 0 Å². The second kappa shape index (κ2) is 5.37. The van der Waals surface area contributed by atoms with E-state index in [1.807, 2.05) is 0 Å². The van der Waals surface area contributed by atoms with E-state index in [0.29, 0.717) is 5.56 Å². The molecule has 1 aromatic carbocycles. The van der Waals surface area contributed by atoms with Crippen molar-refractivity contribution in [2.75, 3.05) is 0 Å². The number of hydrogen-bond donors (Lipinski definition) is 2. The first-order valence-corrected chi connectivity index (χ1v) is 6.70. The van der Waals surface area contributed by atoms with E-state index in [0.717, 1.165) is 10.5 Å². The van der Waals surface area contributed by atoms with Crippen LogP contribution in [-0.2, 0) is 16.0 Å². The van der Waals surface area contributed by atoms with E-state index in [2.05, 4.69) is 0 Å². The highest BCUT2D eigenvalue weighted by molar-refractivity contribution is 5.81. The zero-order valence-electron chi connectivity index (χ0n) is 12.2. The Hall–Kier alpha value is -2.08. The zero-order valence-corrected chi connectivity index (χ0v) is 12.2. The highest BCUT2D eigenvalue weighted by Gasteiger charge is 2.42. The molecule has 1 aliphatic heterocycles. The van der Waals surface area contributed by atoms with Crippen LogP contribution in [0.3, 0.4) is 0 Å². The first kappa shape index (κ1) is 15.3. The number of benzene rings is 1. The van der Waals surface area contributed by atoms with E-state index in [9.17, 15) is 19.8 Å². The number of aliphatic carboxylic acids is 1. The Morgan fingerprint density at radius 3 is 2.48 bits per heavy atom. The summed E-state index contributed by atoms with van der Waals surface area (Å²) in [4.78, 5) is 24.5. The van der Waals surface area contributed by atoms with Gasteiger partial charge in [0.2, 0.25) is 0 Å². The molecule has 0 radical (unpaired) electrons. The Bertz CT molecular complexity index is 563. The number of carboxylic acid groups (broad SMARTS) is 1. The molecule has 0 saturated heterocycles. The number of nitrogens with zero attached hydrogens (tertiary/aromatic N) is 1. The van der Waals surface area contributed by atoms with Crippen molar-refractivity contribution in [2.45, 2.75) is 45.1 Å². The van der Waals surface area contributed by atoms with Gasteiger partial charge < -0.3 is 14.9 Å². The molecule has 1 aromatic rings. The molecule has 2 rings (SSSR count). The fourth-order valence-corrected chi connectivity index (χ4v) is 2.35. The van der Waals surface area contributed by atoms with Gasteiger partial charge in [0, 0.05) is 12.0 Å². The summed E-state index contributed by atoms with van der Waals surface area (Å²) in [5.74, 6) is -1.17. The van der Waals surface area contributed by atoms with Gasteiger partial charge in [-0.3, -0.25) is 4.90 Å². The average molecular weight is 293 g/mol. The molecule has 0 aliphatic carbocycles. The molecule has 1 heterocycles. The Labute approximate surface area is 122 Å². The van der Waals surface area contributed by atoms with Gasteiger partial charge in [-0.05, 0) is 26.3 Å². The molecule has 0 bridgehead atoms. The Balaban J connectivity index is 2.38. The first-order valence-electron chi connectivity index (χ1n) is 6.70. The molecule has 21 heavy (non-hydrogen) atoms. The Kier molecular flexibility index (Phi) is 3.91. The molecule has 6 nitrogen and oxygen atoms in total. The lowest BCUT2D eigenvalue weighted by molar-refractivity contribution is -0.149. The van der Waals surface area contributed by atoms with Gasteiger partial charge in [0.25, 0.3) is 0 Å². The van der Waals surface area contributed by atoms with Crippen molar-refractivity contribution in [3.63, 3.8) is 0 Å². The Morgan fingerprint density at radius 2 is 1.90 bits per heavy atom. The smallest absolute Gasteiger partial charge is 0.413 e. The monoisotopic (exact) mass is 293 g/mol. The van der Waals surface area contributed by atoms with Crippen LogP contribution in [-0.4, -0.2) is 38.8 Å². The van der Waals surface area contributed by atoms with E-state index < -0.39 is 29.9 Å². The summed E-state index contributed by atoms with van der Waals surface area (Å²) in [5, 5.41) is 19.7. The van der Waals surface area contributed by atoms with Gasteiger partial charge in [0.15, 0.2) is 6.23 Å². The maximum atomic E-state index is 12.2. The summed E-state index contributed by atoms with van der Waals surface area (Å²) in [6.45, 7) is 5.06.